The van der Waals surface area contributed by atoms with Crippen LogP contribution in [0.5, 0.6) is 0 Å². The molecule has 0 spiro atoms. The maximum atomic E-state index is 14.6. The van der Waals surface area contributed by atoms with Gasteiger partial charge in [-0.2, -0.15) is 12.7 Å². The number of nitrogens with zero attached hydrogens (tertiary/aromatic N) is 3. The minimum atomic E-state index is -4.26. The Morgan fingerprint density at radius 2 is 1.64 bits per heavy atom. The fourth-order valence-electron chi connectivity index (χ4n) is 4.12. The molecule has 196 valence electrons. The molecule has 8 nitrogen and oxygen atoms in total. The molecule has 1 saturated carbocycles. The number of anilines is 1. The van der Waals surface area contributed by atoms with E-state index in [1.165, 1.54) is 61.5 Å². The molecule has 1 aliphatic rings. The van der Waals surface area contributed by atoms with Crippen molar-refractivity contribution >= 4 is 27.7 Å². The van der Waals surface area contributed by atoms with Crippen LogP contribution >= 0.6 is 0 Å². The van der Waals surface area contributed by atoms with Crippen molar-refractivity contribution in [1.29, 1.82) is 0 Å². The summed E-state index contributed by atoms with van der Waals surface area (Å²) in [5.41, 5.74) is 0.266. The van der Waals surface area contributed by atoms with E-state index in [1.807, 2.05) is 0 Å². The summed E-state index contributed by atoms with van der Waals surface area (Å²) in [6, 6.07) is 9.78. The molecule has 0 radical (unpaired) electrons. The Balaban J connectivity index is 1.93. The number of halogens is 2. The van der Waals surface area contributed by atoms with Crippen molar-refractivity contribution in [2.45, 2.75) is 51.2 Å². The number of rotatable bonds is 10. The maximum absolute atomic E-state index is 14.6. The summed E-state index contributed by atoms with van der Waals surface area (Å²) >= 11 is 0. The summed E-state index contributed by atoms with van der Waals surface area (Å²) in [5.74, 6) is -2.34. The molecule has 1 unspecified atom stereocenters. The minimum absolute atomic E-state index is 0.0201. The molecule has 36 heavy (non-hydrogen) atoms. The van der Waals surface area contributed by atoms with E-state index in [-0.39, 0.29) is 24.2 Å². The number of benzene rings is 2. The molecular formula is C25H32F2N4O4S. The molecule has 2 aromatic rings. The van der Waals surface area contributed by atoms with Crippen molar-refractivity contribution < 1.29 is 26.8 Å². The van der Waals surface area contributed by atoms with E-state index in [9.17, 15) is 26.8 Å². The van der Waals surface area contributed by atoms with Gasteiger partial charge in [-0.25, -0.2) is 13.1 Å². The van der Waals surface area contributed by atoms with Gasteiger partial charge in [-0.15, -0.1) is 0 Å². The van der Waals surface area contributed by atoms with Crippen LogP contribution in [0.4, 0.5) is 14.5 Å². The van der Waals surface area contributed by atoms with Crippen LogP contribution in [0.25, 0.3) is 0 Å². The zero-order chi connectivity index (χ0) is 26.5. The highest BCUT2D eigenvalue weighted by molar-refractivity contribution is 7.90. The molecule has 0 bridgehead atoms. The molecule has 2 aromatic carbocycles. The summed E-state index contributed by atoms with van der Waals surface area (Å²) in [7, 11) is -1.70. The van der Waals surface area contributed by atoms with Gasteiger partial charge in [0, 0.05) is 26.7 Å². The third-order valence-corrected chi connectivity index (χ3v) is 8.08. The zero-order valence-electron chi connectivity index (χ0n) is 20.7. The van der Waals surface area contributed by atoms with Crippen molar-refractivity contribution in [3.05, 3.63) is 65.7 Å². The molecule has 11 heteroatoms. The van der Waals surface area contributed by atoms with Crippen molar-refractivity contribution in [2.75, 3.05) is 24.9 Å². The first-order chi connectivity index (χ1) is 17.0. The van der Waals surface area contributed by atoms with Crippen LogP contribution in [-0.2, 0) is 26.3 Å². The predicted molar refractivity (Wildman–Crippen MR) is 133 cm³/mol. The summed E-state index contributed by atoms with van der Waals surface area (Å²) in [6.07, 6.45) is 3.73. The van der Waals surface area contributed by atoms with Crippen LogP contribution in [0.2, 0.25) is 0 Å². The Kier molecular flexibility index (Phi) is 9.02. The van der Waals surface area contributed by atoms with Crippen molar-refractivity contribution in [2.24, 2.45) is 0 Å². The van der Waals surface area contributed by atoms with E-state index in [0.717, 1.165) is 36.1 Å². The van der Waals surface area contributed by atoms with Crippen molar-refractivity contribution in [3.8, 4) is 0 Å². The highest BCUT2D eigenvalue weighted by atomic mass is 32.2. The molecule has 1 N–H and O–H groups in total. The molecule has 0 heterocycles. The monoisotopic (exact) mass is 522 g/mol. The van der Waals surface area contributed by atoms with Crippen LogP contribution in [0.3, 0.4) is 0 Å². The largest absolute Gasteiger partial charge is 0.352 e. The Morgan fingerprint density at radius 3 is 2.22 bits per heavy atom. The first-order valence-electron chi connectivity index (χ1n) is 11.8. The summed E-state index contributed by atoms with van der Waals surface area (Å²) in [5, 5.41) is 2.96. The van der Waals surface area contributed by atoms with E-state index >= 15 is 0 Å². The first-order valence-corrected chi connectivity index (χ1v) is 13.2. The molecule has 1 fully saturated rings. The molecule has 0 aromatic heterocycles. The number of carbonyl (C=O) groups excluding carboxylic acids is 2. The maximum Gasteiger partial charge on any atom is 0.304 e. The normalized spacial score (nSPS) is 15.1. The van der Waals surface area contributed by atoms with Gasteiger partial charge in [0.05, 0.1) is 5.69 Å². The second-order valence-corrected chi connectivity index (χ2v) is 11.1. The lowest BCUT2D eigenvalue weighted by Gasteiger charge is -2.33. The van der Waals surface area contributed by atoms with E-state index in [1.54, 1.807) is 6.92 Å². The number of para-hydroxylation sites is 1. The van der Waals surface area contributed by atoms with Crippen LogP contribution in [0.15, 0.2) is 48.5 Å². The Labute approximate surface area is 211 Å². The molecule has 0 aliphatic heterocycles. The molecule has 3 rings (SSSR count). The topological polar surface area (TPSA) is 90.0 Å². The Morgan fingerprint density at radius 1 is 1.03 bits per heavy atom. The van der Waals surface area contributed by atoms with Crippen LogP contribution in [0, 0.1) is 11.6 Å². The molecular weight excluding hydrogens is 490 g/mol. The van der Waals surface area contributed by atoms with E-state index in [2.05, 4.69) is 5.32 Å². The standard InChI is InChI=1S/C25H32F2N4O4S/c1-18(25(33)28-21-8-4-5-9-21)30(16-19-12-14-20(26)15-13-19)24(32)17-31(36(34,35)29(2)3)23-11-7-6-10-22(23)27/h6-7,10-15,18,21H,4-5,8-9,16-17H2,1-3H3,(H,28,33). The fourth-order valence-corrected chi connectivity index (χ4v) is 5.18. The highest BCUT2D eigenvalue weighted by Gasteiger charge is 2.34. The first kappa shape index (κ1) is 27.5. The molecule has 1 atom stereocenters. The second kappa shape index (κ2) is 11.8. The number of nitrogens with one attached hydrogen (secondary N) is 1. The van der Waals surface area contributed by atoms with Crippen LogP contribution in [-0.4, -0.2) is 62.2 Å². The van der Waals surface area contributed by atoms with E-state index < -0.39 is 40.3 Å². The van der Waals surface area contributed by atoms with Crippen molar-refractivity contribution in [1.82, 2.24) is 14.5 Å². The van der Waals surface area contributed by atoms with Gasteiger partial charge in [-0.05, 0) is 49.6 Å². The number of amides is 2. The van der Waals surface area contributed by atoms with E-state index in [4.69, 9.17) is 0 Å². The Bertz CT molecular complexity index is 1170. The lowest BCUT2D eigenvalue weighted by atomic mass is 10.1. The second-order valence-electron chi connectivity index (χ2n) is 9.06. The zero-order valence-corrected chi connectivity index (χ0v) is 21.5. The average molecular weight is 523 g/mol. The highest BCUT2D eigenvalue weighted by Crippen LogP contribution is 2.24. The lowest BCUT2D eigenvalue weighted by Crippen LogP contribution is -2.53. The van der Waals surface area contributed by atoms with Crippen LogP contribution in [0.1, 0.15) is 38.2 Å². The number of hydrogen-bond acceptors (Lipinski definition) is 4. The summed E-state index contributed by atoms with van der Waals surface area (Å²) in [6.45, 7) is 0.759. The third kappa shape index (κ3) is 6.58. The molecule has 0 saturated heterocycles. The lowest BCUT2D eigenvalue weighted by molar-refractivity contribution is -0.139. The van der Waals surface area contributed by atoms with Gasteiger partial charge in [-0.1, -0.05) is 37.1 Å². The average Bonchev–Trinajstić information content (AvgIpc) is 3.35. The van der Waals surface area contributed by atoms with Gasteiger partial charge in [0.15, 0.2) is 0 Å². The van der Waals surface area contributed by atoms with Gasteiger partial charge >= 0.3 is 10.2 Å². The molecule has 1 aliphatic carbocycles. The Hall–Kier alpha value is -3.05. The molecule has 2 amide bonds. The van der Waals surface area contributed by atoms with Gasteiger partial charge in [0.1, 0.15) is 24.2 Å². The van der Waals surface area contributed by atoms with E-state index in [0.29, 0.717) is 9.87 Å². The SMILES string of the molecule is CC(C(=O)NC1CCCC1)N(Cc1ccc(F)cc1)C(=O)CN(c1ccccc1F)S(=O)(=O)N(C)C. The smallest absolute Gasteiger partial charge is 0.304 e. The summed E-state index contributed by atoms with van der Waals surface area (Å²) in [4.78, 5) is 27.9. The fraction of sp³-hybridized carbons (Fsp3) is 0.440. The van der Waals surface area contributed by atoms with Crippen molar-refractivity contribution in [3.63, 3.8) is 0 Å². The predicted octanol–water partition coefficient (Wildman–Crippen LogP) is 3.05. The number of carbonyl (C=O) groups is 2. The summed E-state index contributed by atoms with van der Waals surface area (Å²) < 4.78 is 55.8. The van der Waals surface area contributed by atoms with Gasteiger partial charge in [0.25, 0.3) is 0 Å². The number of hydrogen-bond donors (Lipinski definition) is 1. The quantitative estimate of drug-likeness (QED) is 0.520. The minimum Gasteiger partial charge on any atom is -0.352 e. The third-order valence-electron chi connectivity index (χ3n) is 6.27. The van der Waals surface area contributed by atoms with Gasteiger partial charge in [-0.3, -0.25) is 9.59 Å². The van der Waals surface area contributed by atoms with Gasteiger partial charge < -0.3 is 10.2 Å². The van der Waals surface area contributed by atoms with Gasteiger partial charge in [0.2, 0.25) is 11.8 Å². The van der Waals surface area contributed by atoms with Crippen LogP contribution < -0.4 is 9.62 Å².